The number of aromatic nitrogens is 1. The molecule has 5 nitrogen and oxygen atoms in total. The Balaban J connectivity index is 1.79. The third-order valence-corrected chi connectivity index (χ3v) is 5.48. The lowest BCUT2D eigenvalue weighted by molar-refractivity contribution is -0.161. The van der Waals surface area contributed by atoms with Gasteiger partial charge < -0.3 is 14.8 Å². The highest BCUT2D eigenvalue weighted by molar-refractivity contribution is 9.10. The topological polar surface area (TPSA) is 60.5 Å². The van der Waals surface area contributed by atoms with Gasteiger partial charge in [0.25, 0.3) is 0 Å². The van der Waals surface area contributed by atoms with Gasteiger partial charge in [-0.05, 0) is 59.2 Å². The number of rotatable bonds is 4. The van der Waals surface area contributed by atoms with Crippen molar-refractivity contribution in [1.29, 1.82) is 0 Å². The van der Waals surface area contributed by atoms with Crippen LogP contribution in [0.3, 0.4) is 0 Å². The summed E-state index contributed by atoms with van der Waals surface area (Å²) in [5.41, 5.74) is 0.852. The van der Waals surface area contributed by atoms with Crippen molar-refractivity contribution in [2.45, 2.75) is 31.3 Å². The summed E-state index contributed by atoms with van der Waals surface area (Å²) >= 11 is 3.41. The van der Waals surface area contributed by atoms with Crippen molar-refractivity contribution < 1.29 is 14.3 Å². The van der Waals surface area contributed by atoms with Gasteiger partial charge in [-0.15, -0.1) is 0 Å². The summed E-state index contributed by atoms with van der Waals surface area (Å²) in [6, 6.07) is 3.96. The number of halogens is 1. The molecule has 0 atom stereocenters. The molecule has 2 heterocycles. The second kappa shape index (κ2) is 6.26. The van der Waals surface area contributed by atoms with E-state index in [1.54, 1.807) is 6.20 Å². The van der Waals surface area contributed by atoms with E-state index in [9.17, 15) is 4.79 Å². The number of pyridine rings is 1. The first-order valence-corrected chi connectivity index (χ1v) is 8.40. The molecule has 2 aliphatic rings. The standard InChI is InChI=1S/C16H21BrN2O3/c1-21-14(20)9-22-16(13-3-2-12(17)8-19-13)6-4-15(5-7-16)10-18-11-15/h2-3,8,18H,4-7,9-11H2,1H3. The zero-order valence-electron chi connectivity index (χ0n) is 12.7. The van der Waals surface area contributed by atoms with E-state index in [-0.39, 0.29) is 12.6 Å². The van der Waals surface area contributed by atoms with E-state index >= 15 is 0 Å². The molecule has 1 spiro atoms. The van der Waals surface area contributed by atoms with Gasteiger partial charge in [-0.3, -0.25) is 4.98 Å². The molecule has 1 aliphatic carbocycles. The maximum Gasteiger partial charge on any atom is 0.331 e. The van der Waals surface area contributed by atoms with Crippen molar-refractivity contribution in [3.63, 3.8) is 0 Å². The molecule has 6 heteroatoms. The van der Waals surface area contributed by atoms with E-state index in [1.807, 2.05) is 12.1 Å². The van der Waals surface area contributed by atoms with Crippen molar-refractivity contribution in [3.05, 3.63) is 28.5 Å². The first-order chi connectivity index (χ1) is 10.6. The number of carbonyl (C=O) groups is 1. The van der Waals surface area contributed by atoms with Crippen LogP contribution in [0.2, 0.25) is 0 Å². The molecular formula is C16H21BrN2O3. The zero-order valence-corrected chi connectivity index (χ0v) is 14.3. The smallest absolute Gasteiger partial charge is 0.331 e. The number of esters is 1. The highest BCUT2D eigenvalue weighted by Crippen LogP contribution is 2.49. The van der Waals surface area contributed by atoms with Gasteiger partial charge in [0.1, 0.15) is 12.2 Å². The fourth-order valence-corrected chi connectivity index (χ4v) is 3.63. The van der Waals surface area contributed by atoms with Crippen LogP contribution in [0.25, 0.3) is 0 Å². The maximum absolute atomic E-state index is 11.5. The predicted molar refractivity (Wildman–Crippen MR) is 85.4 cm³/mol. The summed E-state index contributed by atoms with van der Waals surface area (Å²) in [7, 11) is 1.38. The molecule has 1 N–H and O–H groups in total. The van der Waals surface area contributed by atoms with Crippen molar-refractivity contribution in [2.24, 2.45) is 5.41 Å². The van der Waals surface area contributed by atoms with Crippen LogP contribution in [0.5, 0.6) is 0 Å². The monoisotopic (exact) mass is 368 g/mol. The lowest BCUT2D eigenvalue weighted by Gasteiger charge is -2.51. The van der Waals surface area contributed by atoms with Crippen molar-refractivity contribution >= 4 is 21.9 Å². The minimum atomic E-state index is -0.476. The zero-order chi connectivity index (χ0) is 15.6. The molecule has 1 aromatic heterocycles. The first-order valence-electron chi connectivity index (χ1n) is 7.61. The Labute approximate surface area is 138 Å². The average Bonchev–Trinajstić information content (AvgIpc) is 2.52. The van der Waals surface area contributed by atoms with Crippen LogP contribution in [0.4, 0.5) is 0 Å². The molecule has 0 amide bonds. The summed E-state index contributed by atoms with van der Waals surface area (Å²) in [5.74, 6) is -0.345. The van der Waals surface area contributed by atoms with E-state index in [0.717, 1.165) is 48.9 Å². The molecule has 22 heavy (non-hydrogen) atoms. The molecule has 120 valence electrons. The van der Waals surface area contributed by atoms with Gasteiger partial charge in [0, 0.05) is 23.8 Å². The van der Waals surface area contributed by atoms with Crippen LogP contribution in [0.1, 0.15) is 31.4 Å². The molecule has 3 rings (SSSR count). The van der Waals surface area contributed by atoms with Gasteiger partial charge in [0.05, 0.1) is 12.8 Å². The highest BCUT2D eigenvalue weighted by atomic mass is 79.9. The largest absolute Gasteiger partial charge is 0.467 e. The second-order valence-corrected chi connectivity index (χ2v) is 7.24. The highest BCUT2D eigenvalue weighted by Gasteiger charge is 2.48. The number of methoxy groups -OCH3 is 1. The summed E-state index contributed by atoms with van der Waals surface area (Å²) in [6.07, 6.45) is 5.76. The molecule has 0 unspecified atom stereocenters. The number of hydrogen-bond donors (Lipinski definition) is 1. The van der Waals surface area contributed by atoms with Crippen LogP contribution in [0, 0.1) is 5.41 Å². The number of hydrogen-bond acceptors (Lipinski definition) is 5. The molecule has 0 aromatic carbocycles. The van der Waals surface area contributed by atoms with E-state index in [1.165, 1.54) is 7.11 Å². The van der Waals surface area contributed by atoms with Gasteiger partial charge in [-0.2, -0.15) is 0 Å². The normalized spacial score (nSPS) is 22.1. The molecule has 1 saturated carbocycles. The third kappa shape index (κ3) is 3.05. The van der Waals surface area contributed by atoms with E-state index in [2.05, 4.69) is 26.2 Å². The Morgan fingerprint density at radius 3 is 2.55 bits per heavy atom. The maximum atomic E-state index is 11.5. The van der Waals surface area contributed by atoms with Gasteiger partial charge in [0.2, 0.25) is 0 Å². The first kappa shape index (κ1) is 15.9. The Morgan fingerprint density at radius 1 is 1.32 bits per heavy atom. The van der Waals surface area contributed by atoms with E-state index < -0.39 is 5.60 Å². The van der Waals surface area contributed by atoms with Gasteiger partial charge in [-0.25, -0.2) is 4.79 Å². The third-order valence-electron chi connectivity index (χ3n) is 5.01. The predicted octanol–water partition coefficient (Wildman–Crippen LogP) is 2.39. The molecule has 1 saturated heterocycles. The molecule has 1 aromatic rings. The fourth-order valence-electron chi connectivity index (χ4n) is 3.39. The van der Waals surface area contributed by atoms with Crippen molar-refractivity contribution in [3.8, 4) is 0 Å². The Kier molecular flexibility index (Phi) is 4.52. The van der Waals surface area contributed by atoms with Gasteiger partial charge in [-0.1, -0.05) is 0 Å². The Hall–Kier alpha value is -0.980. The quantitative estimate of drug-likeness (QED) is 0.826. The summed E-state index contributed by atoms with van der Waals surface area (Å²) in [6.45, 7) is 2.15. The minimum absolute atomic E-state index is 0.0283. The van der Waals surface area contributed by atoms with Crippen molar-refractivity contribution in [1.82, 2.24) is 10.3 Å². The van der Waals surface area contributed by atoms with Crippen LogP contribution >= 0.6 is 15.9 Å². The molecule has 0 bridgehead atoms. The van der Waals surface area contributed by atoms with Crippen LogP contribution < -0.4 is 5.32 Å². The summed E-state index contributed by atoms with van der Waals surface area (Å²) < 4.78 is 11.7. The number of nitrogens with zero attached hydrogens (tertiary/aromatic N) is 1. The van der Waals surface area contributed by atoms with Crippen LogP contribution in [-0.4, -0.2) is 37.8 Å². The molecule has 2 fully saturated rings. The SMILES string of the molecule is COC(=O)COC1(c2ccc(Br)cn2)CCC2(CC1)CNC2. The number of nitrogens with one attached hydrogen (secondary N) is 1. The average molecular weight is 369 g/mol. The van der Waals surface area contributed by atoms with Crippen LogP contribution in [0.15, 0.2) is 22.8 Å². The van der Waals surface area contributed by atoms with Crippen molar-refractivity contribution in [2.75, 3.05) is 26.8 Å². The lowest BCUT2D eigenvalue weighted by atomic mass is 9.64. The minimum Gasteiger partial charge on any atom is -0.467 e. The number of carbonyl (C=O) groups excluding carboxylic acids is 1. The molecule has 0 radical (unpaired) electrons. The number of ether oxygens (including phenoxy) is 2. The molecular weight excluding hydrogens is 348 g/mol. The Morgan fingerprint density at radius 2 is 2.05 bits per heavy atom. The fraction of sp³-hybridized carbons (Fsp3) is 0.625. The van der Waals surface area contributed by atoms with Gasteiger partial charge >= 0.3 is 5.97 Å². The van der Waals surface area contributed by atoms with E-state index in [4.69, 9.17) is 9.47 Å². The summed E-state index contributed by atoms with van der Waals surface area (Å²) in [5, 5.41) is 3.37. The van der Waals surface area contributed by atoms with E-state index in [0.29, 0.717) is 5.41 Å². The Bertz CT molecular complexity index is 533. The summed E-state index contributed by atoms with van der Waals surface area (Å²) in [4.78, 5) is 16.0. The van der Waals surface area contributed by atoms with Gasteiger partial charge in [0.15, 0.2) is 0 Å². The second-order valence-electron chi connectivity index (χ2n) is 6.32. The molecule has 1 aliphatic heterocycles. The van der Waals surface area contributed by atoms with Crippen LogP contribution in [-0.2, 0) is 19.9 Å². The lowest BCUT2D eigenvalue weighted by Crippen LogP contribution is -2.57.